The molecule has 2 N–H and O–H groups in total. The fourth-order valence-corrected chi connectivity index (χ4v) is 4.09. The number of rotatable bonds is 8. The van der Waals surface area contributed by atoms with Crippen molar-refractivity contribution in [3.63, 3.8) is 0 Å². The van der Waals surface area contributed by atoms with E-state index < -0.39 is 0 Å². The highest BCUT2D eigenvalue weighted by molar-refractivity contribution is 5.88. The number of likely N-dealkylation sites (tertiary alicyclic amines) is 1. The zero-order valence-corrected chi connectivity index (χ0v) is 19.1. The lowest BCUT2D eigenvalue weighted by molar-refractivity contribution is -0.114. The molecule has 0 radical (unpaired) electrons. The number of nitrogens with one attached hydrogen (secondary N) is 2. The van der Waals surface area contributed by atoms with E-state index in [0.717, 1.165) is 76.7 Å². The second kappa shape index (κ2) is 12.7. The van der Waals surface area contributed by atoms with Gasteiger partial charge in [-0.3, -0.25) is 9.79 Å². The molecule has 2 aliphatic heterocycles. The number of hydrogen-bond donors (Lipinski definition) is 2. The summed E-state index contributed by atoms with van der Waals surface area (Å²) in [5.41, 5.74) is 2.04. The molecular formula is C24H38N4O3. The maximum Gasteiger partial charge on any atom is 0.221 e. The van der Waals surface area contributed by atoms with Crippen LogP contribution in [0, 0.1) is 0 Å². The maximum absolute atomic E-state index is 11.1. The van der Waals surface area contributed by atoms with E-state index in [1.807, 2.05) is 24.3 Å². The highest BCUT2D eigenvalue weighted by atomic mass is 16.5. The largest absolute Gasteiger partial charge is 0.376 e. The van der Waals surface area contributed by atoms with Gasteiger partial charge in [0.05, 0.1) is 18.8 Å². The second-order valence-corrected chi connectivity index (χ2v) is 8.37. The van der Waals surface area contributed by atoms with E-state index in [-0.39, 0.29) is 12.0 Å². The van der Waals surface area contributed by atoms with Crippen LogP contribution in [0.3, 0.4) is 0 Å². The highest BCUT2D eigenvalue weighted by Crippen LogP contribution is 2.18. The number of amides is 1. The van der Waals surface area contributed by atoms with E-state index in [0.29, 0.717) is 6.10 Å². The number of guanidine groups is 1. The maximum atomic E-state index is 11.1. The van der Waals surface area contributed by atoms with Crippen molar-refractivity contribution < 1.29 is 14.3 Å². The van der Waals surface area contributed by atoms with Crippen molar-refractivity contribution >= 4 is 17.6 Å². The molecule has 7 nitrogen and oxygen atoms in total. The second-order valence-electron chi connectivity index (χ2n) is 8.37. The van der Waals surface area contributed by atoms with Crippen molar-refractivity contribution in [3.05, 3.63) is 29.8 Å². The van der Waals surface area contributed by atoms with Gasteiger partial charge in [0.1, 0.15) is 0 Å². The van der Waals surface area contributed by atoms with E-state index in [9.17, 15) is 4.79 Å². The van der Waals surface area contributed by atoms with Gasteiger partial charge >= 0.3 is 0 Å². The molecular weight excluding hydrogens is 392 g/mol. The van der Waals surface area contributed by atoms with Crippen molar-refractivity contribution in [2.24, 2.45) is 4.99 Å². The Labute approximate surface area is 186 Å². The topological polar surface area (TPSA) is 75.2 Å². The number of benzene rings is 1. The number of anilines is 1. The summed E-state index contributed by atoms with van der Waals surface area (Å²) in [4.78, 5) is 18.3. The van der Waals surface area contributed by atoms with Gasteiger partial charge in [-0.1, -0.05) is 12.1 Å². The van der Waals surface area contributed by atoms with Crippen LogP contribution in [0.4, 0.5) is 5.69 Å². The number of ether oxygens (including phenoxy) is 2. The molecule has 31 heavy (non-hydrogen) atoms. The number of carbonyl (C=O) groups excluding carboxylic acids is 1. The van der Waals surface area contributed by atoms with Gasteiger partial charge in [-0.25, -0.2) is 0 Å². The van der Waals surface area contributed by atoms with Crippen LogP contribution in [0.2, 0.25) is 0 Å². The Hall–Kier alpha value is -2.12. The molecule has 0 spiro atoms. The minimum atomic E-state index is -0.0517. The first-order valence-corrected chi connectivity index (χ1v) is 11.8. The standard InChI is InChI=1S/C24H38N4O3/c1-3-25-24(26-14-11-20-7-9-21(10-8-20)27-19(2)29)28-15-12-22(13-16-28)31-18-23-6-4-5-17-30-23/h7-10,22-23H,3-6,11-18H2,1-2H3,(H,25,26)(H,27,29). The predicted molar refractivity (Wildman–Crippen MR) is 125 cm³/mol. The molecule has 172 valence electrons. The summed E-state index contributed by atoms with van der Waals surface area (Å²) in [6.45, 7) is 8.77. The Morgan fingerprint density at radius 3 is 2.61 bits per heavy atom. The van der Waals surface area contributed by atoms with Crippen LogP contribution in [0.1, 0.15) is 51.5 Å². The van der Waals surface area contributed by atoms with Gasteiger partial charge in [-0.2, -0.15) is 0 Å². The van der Waals surface area contributed by atoms with Crippen molar-refractivity contribution in [2.45, 2.75) is 64.6 Å². The van der Waals surface area contributed by atoms with Gasteiger partial charge in [0, 0.05) is 45.4 Å². The van der Waals surface area contributed by atoms with Gasteiger partial charge in [-0.15, -0.1) is 0 Å². The van der Waals surface area contributed by atoms with Crippen LogP contribution in [-0.2, 0) is 20.7 Å². The zero-order chi connectivity index (χ0) is 21.9. The molecule has 0 saturated carbocycles. The Bertz CT molecular complexity index is 693. The molecule has 1 aromatic carbocycles. The smallest absolute Gasteiger partial charge is 0.221 e. The van der Waals surface area contributed by atoms with Crippen LogP contribution in [0.15, 0.2) is 29.3 Å². The average molecular weight is 431 g/mol. The predicted octanol–water partition coefficient (Wildman–Crippen LogP) is 3.20. The fraction of sp³-hybridized carbons (Fsp3) is 0.667. The molecule has 1 unspecified atom stereocenters. The first-order chi connectivity index (χ1) is 15.1. The van der Waals surface area contributed by atoms with Crippen LogP contribution >= 0.6 is 0 Å². The number of hydrogen-bond acceptors (Lipinski definition) is 4. The normalized spacial score (nSPS) is 20.5. The van der Waals surface area contributed by atoms with Crippen molar-refractivity contribution in [2.75, 3.05) is 44.7 Å². The number of nitrogens with zero attached hydrogens (tertiary/aromatic N) is 2. The third-order valence-electron chi connectivity index (χ3n) is 5.80. The average Bonchev–Trinajstić information content (AvgIpc) is 2.79. The van der Waals surface area contributed by atoms with Crippen molar-refractivity contribution in [3.8, 4) is 0 Å². The number of piperidine rings is 1. The third kappa shape index (κ3) is 8.15. The minimum Gasteiger partial charge on any atom is -0.376 e. The Morgan fingerprint density at radius 1 is 1.19 bits per heavy atom. The molecule has 2 saturated heterocycles. The SMILES string of the molecule is CCNC(=NCCc1ccc(NC(C)=O)cc1)N1CCC(OCC2CCCCO2)CC1. The lowest BCUT2D eigenvalue weighted by Crippen LogP contribution is -2.47. The molecule has 0 aliphatic carbocycles. The Balaban J connectivity index is 1.42. The first-order valence-electron chi connectivity index (χ1n) is 11.8. The van der Waals surface area contributed by atoms with E-state index in [1.165, 1.54) is 25.3 Å². The summed E-state index contributed by atoms with van der Waals surface area (Å²) in [6.07, 6.45) is 7.12. The number of aliphatic imine (C=N–C) groups is 1. The van der Waals surface area contributed by atoms with Crippen LogP contribution in [0.5, 0.6) is 0 Å². The molecule has 1 aromatic rings. The molecule has 0 aromatic heterocycles. The lowest BCUT2D eigenvalue weighted by atomic mass is 10.1. The molecule has 1 amide bonds. The van der Waals surface area contributed by atoms with Gasteiger partial charge in [0.15, 0.2) is 5.96 Å². The molecule has 7 heteroatoms. The van der Waals surface area contributed by atoms with Gasteiger partial charge < -0.3 is 25.0 Å². The summed E-state index contributed by atoms with van der Waals surface area (Å²) in [6, 6.07) is 7.97. The van der Waals surface area contributed by atoms with Crippen LogP contribution < -0.4 is 10.6 Å². The fourth-order valence-electron chi connectivity index (χ4n) is 4.09. The molecule has 2 heterocycles. The summed E-state index contributed by atoms with van der Waals surface area (Å²) in [5, 5.41) is 6.23. The molecule has 1 atom stereocenters. The third-order valence-corrected chi connectivity index (χ3v) is 5.80. The van der Waals surface area contributed by atoms with Gasteiger partial charge in [0.2, 0.25) is 5.91 Å². The quantitative estimate of drug-likeness (QED) is 0.489. The van der Waals surface area contributed by atoms with E-state index in [1.54, 1.807) is 0 Å². The summed E-state index contributed by atoms with van der Waals surface area (Å²) < 4.78 is 11.9. The Morgan fingerprint density at radius 2 is 1.97 bits per heavy atom. The molecule has 2 aliphatic rings. The monoisotopic (exact) mass is 430 g/mol. The molecule has 0 bridgehead atoms. The zero-order valence-electron chi connectivity index (χ0n) is 19.1. The van der Waals surface area contributed by atoms with Crippen LogP contribution in [-0.4, -0.2) is 68.4 Å². The molecule has 2 fully saturated rings. The number of carbonyl (C=O) groups is 1. The van der Waals surface area contributed by atoms with Crippen molar-refractivity contribution in [1.29, 1.82) is 0 Å². The van der Waals surface area contributed by atoms with E-state index >= 15 is 0 Å². The first kappa shape index (κ1) is 23.5. The van der Waals surface area contributed by atoms with Crippen molar-refractivity contribution in [1.82, 2.24) is 10.2 Å². The lowest BCUT2D eigenvalue weighted by Gasteiger charge is -2.35. The summed E-state index contributed by atoms with van der Waals surface area (Å²) >= 11 is 0. The van der Waals surface area contributed by atoms with E-state index in [4.69, 9.17) is 14.5 Å². The minimum absolute atomic E-state index is 0.0517. The Kier molecular flexibility index (Phi) is 9.62. The van der Waals surface area contributed by atoms with Gasteiger partial charge in [0.25, 0.3) is 0 Å². The summed E-state index contributed by atoms with van der Waals surface area (Å²) in [7, 11) is 0. The van der Waals surface area contributed by atoms with Gasteiger partial charge in [-0.05, 0) is 63.1 Å². The van der Waals surface area contributed by atoms with Crippen LogP contribution in [0.25, 0.3) is 0 Å². The van der Waals surface area contributed by atoms with E-state index in [2.05, 4.69) is 22.5 Å². The summed E-state index contributed by atoms with van der Waals surface area (Å²) in [5.74, 6) is 0.940. The molecule has 3 rings (SSSR count). The highest BCUT2D eigenvalue weighted by Gasteiger charge is 2.23.